The van der Waals surface area contributed by atoms with E-state index in [1.54, 1.807) is 7.11 Å². The van der Waals surface area contributed by atoms with Crippen molar-refractivity contribution in [2.45, 2.75) is 12.4 Å². The predicted octanol–water partition coefficient (Wildman–Crippen LogP) is 3.45. The zero-order chi connectivity index (χ0) is 11.7. The van der Waals surface area contributed by atoms with Crippen molar-refractivity contribution in [2.24, 2.45) is 0 Å². The predicted molar refractivity (Wildman–Crippen MR) is 65.6 cm³/mol. The smallest absolute Gasteiger partial charge is 0.185 e. The lowest BCUT2D eigenvalue weighted by molar-refractivity contribution is -0.132. The van der Waals surface area contributed by atoms with Crippen molar-refractivity contribution in [3.63, 3.8) is 0 Å². The Morgan fingerprint density at radius 3 is 2.24 bits per heavy atom. The minimum Gasteiger partial charge on any atom is -0.352 e. The highest BCUT2D eigenvalue weighted by Crippen LogP contribution is 2.42. The van der Waals surface area contributed by atoms with Gasteiger partial charge in [-0.15, -0.1) is 0 Å². The summed E-state index contributed by atoms with van der Waals surface area (Å²) in [7, 11) is 1.68. The van der Waals surface area contributed by atoms with Crippen LogP contribution in [0.4, 0.5) is 0 Å². The molecule has 3 rings (SSSR count). The van der Waals surface area contributed by atoms with Crippen LogP contribution < -0.4 is 0 Å². The fourth-order valence-electron chi connectivity index (χ4n) is 2.30. The van der Waals surface area contributed by atoms with Crippen LogP contribution in [-0.2, 0) is 9.47 Å². The van der Waals surface area contributed by atoms with Crippen LogP contribution in [0.1, 0.15) is 29.1 Å². The molecule has 0 radical (unpaired) electrons. The lowest BCUT2D eigenvalue weighted by atomic mass is 9.99. The standard InChI is InChI=1S/C15H14O2/c1-16-15-13-10-6-5-9-12(13)14(17-15)11-7-3-2-4-8-11/h2-10,14-15H,1H3. The van der Waals surface area contributed by atoms with Gasteiger partial charge in [-0.25, -0.2) is 0 Å². The Hall–Kier alpha value is -1.64. The van der Waals surface area contributed by atoms with Gasteiger partial charge in [0.2, 0.25) is 0 Å². The molecule has 1 aliphatic heterocycles. The summed E-state index contributed by atoms with van der Waals surface area (Å²) < 4.78 is 11.3. The fourth-order valence-corrected chi connectivity index (χ4v) is 2.30. The monoisotopic (exact) mass is 226 g/mol. The van der Waals surface area contributed by atoms with E-state index in [0.29, 0.717) is 0 Å². The third-order valence-electron chi connectivity index (χ3n) is 3.11. The summed E-state index contributed by atoms with van der Waals surface area (Å²) in [4.78, 5) is 0. The summed E-state index contributed by atoms with van der Waals surface area (Å²) >= 11 is 0. The largest absolute Gasteiger partial charge is 0.352 e. The quantitative estimate of drug-likeness (QED) is 0.780. The topological polar surface area (TPSA) is 18.5 Å². The minimum atomic E-state index is -0.253. The van der Waals surface area contributed by atoms with Gasteiger partial charge >= 0.3 is 0 Å². The Morgan fingerprint density at radius 2 is 1.53 bits per heavy atom. The molecule has 0 aliphatic carbocycles. The normalized spacial score (nSPS) is 22.4. The van der Waals surface area contributed by atoms with E-state index < -0.39 is 0 Å². The number of fused-ring (bicyclic) bond motifs is 1. The molecule has 2 nitrogen and oxygen atoms in total. The van der Waals surface area contributed by atoms with Crippen molar-refractivity contribution in [2.75, 3.05) is 7.11 Å². The first kappa shape index (κ1) is 10.5. The van der Waals surface area contributed by atoms with E-state index in [2.05, 4.69) is 24.3 Å². The SMILES string of the molecule is COC1OC(c2ccccc2)c2ccccc21. The van der Waals surface area contributed by atoms with Gasteiger partial charge in [0, 0.05) is 12.7 Å². The molecule has 0 bridgehead atoms. The van der Waals surface area contributed by atoms with Gasteiger partial charge in [-0.2, -0.15) is 0 Å². The zero-order valence-electron chi connectivity index (χ0n) is 9.67. The molecule has 1 aliphatic rings. The number of hydrogen-bond donors (Lipinski definition) is 0. The van der Waals surface area contributed by atoms with E-state index in [0.717, 1.165) is 5.56 Å². The van der Waals surface area contributed by atoms with Crippen LogP contribution in [0.3, 0.4) is 0 Å². The molecule has 0 aromatic heterocycles. The molecule has 17 heavy (non-hydrogen) atoms. The van der Waals surface area contributed by atoms with E-state index >= 15 is 0 Å². The maximum atomic E-state index is 5.94. The van der Waals surface area contributed by atoms with Crippen molar-refractivity contribution in [1.82, 2.24) is 0 Å². The number of rotatable bonds is 2. The van der Waals surface area contributed by atoms with Gasteiger partial charge in [-0.05, 0) is 11.1 Å². The molecule has 2 atom stereocenters. The molecular formula is C15H14O2. The Morgan fingerprint density at radius 1 is 0.882 bits per heavy atom. The van der Waals surface area contributed by atoms with Crippen LogP contribution in [-0.4, -0.2) is 7.11 Å². The van der Waals surface area contributed by atoms with Gasteiger partial charge in [0.15, 0.2) is 6.29 Å². The lowest BCUT2D eigenvalue weighted by Crippen LogP contribution is -2.01. The van der Waals surface area contributed by atoms with Crippen LogP contribution in [0.25, 0.3) is 0 Å². The van der Waals surface area contributed by atoms with Gasteiger partial charge in [-0.3, -0.25) is 0 Å². The van der Waals surface area contributed by atoms with E-state index in [1.807, 2.05) is 30.3 Å². The van der Waals surface area contributed by atoms with Gasteiger partial charge < -0.3 is 9.47 Å². The van der Waals surface area contributed by atoms with Crippen molar-refractivity contribution in [1.29, 1.82) is 0 Å². The van der Waals surface area contributed by atoms with Crippen molar-refractivity contribution in [3.8, 4) is 0 Å². The number of hydrogen-bond acceptors (Lipinski definition) is 2. The van der Waals surface area contributed by atoms with Gasteiger partial charge in [0.1, 0.15) is 6.10 Å². The average molecular weight is 226 g/mol. The minimum absolute atomic E-state index is 0.0163. The fraction of sp³-hybridized carbons (Fsp3) is 0.200. The second-order valence-electron chi connectivity index (χ2n) is 4.12. The second-order valence-corrected chi connectivity index (χ2v) is 4.12. The van der Waals surface area contributed by atoms with Crippen LogP contribution >= 0.6 is 0 Å². The highest BCUT2D eigenvalue weighted by molar-refractivity contribution is 5.39. The zero-order valence-corrected chi connectivity index (χ0v) is 9.67. The molecule has 0 saturated heterocycles. The second kappa shape index (κ2) is 4.32. The number of methoxy groups -OCH3 is 1. The summed E-state index contributed by atoms with van der Waals surface area (Å²) in [6.07, 6.45) is -0.270. The Bertz CT molecular complexity index is 507. The van der Waals surface area contributed by atoms with E-state index in [-0.39, 0.29) is 12.4 Å². The molecule has 2 aromatic rings. The first-order chi connectivity index (χ1) is 8.40. The highest BCUT2D eigenvalue weighted by Gasteiger charge is 2.32. The first-order valence-corrected chi connectivity index (χ1v) is 5.72. The Labute approximate surface area is 101 Å². The van der Waals surface area contributed by atoms with Crippen molar-refractivity contribution >= 4 is 0 Å². The van der Waals surface area contributed by atoms with E-state index in [9.17, 15) is 0 Å². The summed E-state index contributed by atoms with van der Waals surface area (Å²) in [6, 6.07) is 18.5. The molecule has 1 heterocycles. The average Bonchev–Trinajstić information content (AvgIpc) is 2.78. The van der Waals surface area contributed by atoms with Gasteiger partial charge in [0.25, 0.3) is 0 Å². The Kier molecular flexibility index (Phi) is 2.67. The van der Waals surface area contributed by atoms with E-state index in [1.165, 1.54) is 11.1 Å². The van der Waals surface area contributed by atoms with Crippen LogP contribution in [0, 0.1) is 0 Å². The molecule has 0 amide bonds. The molecule has 0 fully saturated rings. The maximum Gasteiger partial charge on any atom is 0.185 e. The summed E-state index contributed by atoms with van der Waals surface area (Å²) in [5.74, 6) is 0. The highest BCUT2D eigenvalue weighted by atomic mass is 16.7. The third kappa shape index (κ3) is 1.75. The summed E-state index contributed by atoms with van der Waals surface area (Å²) in [5.41, 5.74) is 3.49. The van der Waals surface area contributed by atoms with Gasteiger partial charge in [0.05, 0.1) is 0 Å². The molecule has 0 spiro atoms. The third-order valence-corrected chi connectivity index (χ3v) is 3.11. The summed E-state index contributed by atoms with van der Waals surface area (Å²) in [6.45, 7) is 0. The molecule has 0 N–H and O–H groups in total. The van der Waals surface area contributed by atoms with Crippen LogP contribution in [0.15, 0.2) is 54.6 Å². The van der Waals surface area contributed by atoms with Gasteiger partial charge in [-0.1, -0.05) is 54.6 Å². The number of ether oxygens (including phenoxy) is 2. The molecule has 0 saturated carbocycles. The molecule has 86 valence electrons. The lowest BCUT2D eigenvalue weighted by Gasteiger charge is -2.13. The van der Waals surface area contributed by atoms with Crippen LogP contribution in [0.5, 0.6) is 0 Å². The van der Waals surface area contributed by atoms with Crippen LogP contribution in [0.2, 0.25) is 0 Å². The van der Waals surface area contributed by atoms with Crippen molar-refractivity contribution in [3.05, 3.63) is 71.3 Å². The molecule has 2 heteroatoms. The van der Waals surface area contributed by atoms with Crippen molar-refractivity contribution < 1.29 is 9.47 Å². The molecule has 2 unspecified atom stereocenters. The summed E-state index contributed by atoms with van der Waals surface area (Å²) in [5, 5.41) is 0. The van der Waals surface area contributed by atoms with E-state index in [4.69, 9.17) is 9.47 Å². The molecule has 2 aromatic carbocycles. The first-order valence-electron chi connectivity index (χ1n) is 5.72. The Balaban J connectivity index is 2.05. The number of benzene rings is 2. The molecular weight excluding hydrogens is 212 g/mol. The maximum absolute atomic E-state index is 5.94.